The van der Waals surface area contributed by atoms with Crippen molar-refractivity contribution in [2.24, 2.45) is 0 Å². The molecule has 2 aliphatic rings. The summed E-state index contributed by atoms with van der Waals surface area (Å²) in [7, 11) is 0. The molecule has 3 heterocycles. The predicted molar refractivity (Wildman–Crippen MR) is 96.3 cm³/mol. The highest BCUT2D eigenvalue weighted by Gasteiger charge is 2.40. The standard InChI is InChI=1S/C18H19ClN4O5/c19-12-3-1-11(2-4-12)14(24)8-15-20-16(28-21-15)9-23-17(25)7-13-10-27-6-5-22(13)18(23)26/h1-4,13-14,24H,5-10H2/t13-,14-/m0/s1. The smallest absolute Gasteiger partial charge is 0.327 e. The van der Waals surface area contributed by atoms with Gasteiger partial charge in [-0.05, 0) is 17.7 Å². The zero-order valence-electron chi connectivity index (χ0n) is 15.0. The molecule has 2 saturated heterocycles. The first-order valence-corrected chi connectivity index (χ1v) is 9.33. The maximum atomic E-state index is 12.6. The van der Waals surface area contributed by atoms with Crippen molar-refractivity contribution in [3.63, 3.8) is 0 Å². The average molecular weight is 407 g/mol. The minimum absolute atomic E-state index is 0.0915. The fourth-order valence-electron chi connectivity index (χ4n) is 3.35. The first-order chi connectivity index (χ1) is 13.5. The van der Waals surface area contributed by atoms with Crippen LogP contribution in [-0.2, 0) is 22.5 Å². The van der Waals surface area contributed by atoms with Crippen LogP contribution in [0.1, 0.15) is 29.8 Å². The van der Waals surface area contributed by atoms with Crippen LogP contribution in [-0.4, -0.2) is 62.8 Å². The molecule has 0 bridgehead atoms. The van der Waals surface area contributed by atoms with Gasteiger partial charge in [-0.2, -0.15) is 4.98 Å². The normalized spacial score (nSPS) is 21.0. The number of imide groups is 1. The number of carbonyl (C=O) groups is 2. The molecule has 4 rings (SSSR count). The van der Waals surface area contributed by atoms with Crippen molar-refractivity contribution in [1.29, 1.82) is 0 Å². The van der Waals surface area contributed by atoms with Gasteiger partial charge in [0.25, 0.3) is 0 Å². The largest absolute Gasteiger partial charge is 0.388 e. The molecule has 1 aromatic carbocycles. The molecular formula is C18H19ClN4O5. The van der Waals surface area contributed by atoms with Crippen molar-refractivity contribution >= 4 is 23.5 Å². The van der Waals surface area contributed by atoms with Gasteiger partial charge < -0.3 is 19.3 Å². The van der Waals surface area contributed by atoms with Crippen LogP contribution in [0, 0.1) is 0 Å². The van der Waals surface area contributed by atoms with Crippen molar-refractivity contribution in [2.45, 2.75) is 31.5 Å². The number of rotatable bonds is 5. The summed E-state index contributed by atoms with van der Waals surface area (Å²) >= 11 is 5.85. The number of aliphatic hydroxyl groups is 1. The second-order valence-corrected chi connectivity index (χ2v) is 7.20. The number of urea groups is 1. The first-order valence-electron chi connectivity index (χ1n) is 8.95. The van der Waals surface area contributed by atoms with Gasteiger partial charge in [0.05, 0.1) is 31.8 Å². The lowest BCUT2D eigenvalue weighted by molar-refractivity contribution is -0.136. The molecule has 28 heavy (non-hydrogen) atoms. The number of aliphatic hydroxyl groups excluding tert-OH is 1. The van der Waals surface area contributed by atoms with Crippen molar-refractivity contribution in [3.05, 3.63) is 46.6 Å². The number of fused-ring (bicyclic) bond motifs is 1. The van der Waals surface area contributed by atoms with Crippen molar-refractivity contribution in [2.75, 3.05) is 19.8 Å². The third kappa shape index (κ3) is 3.87. The van der Waals surface area contributed by atoms with Crippen molar-refractivity contribution in [1.82, 2.24) is 19.9 Å². The van der Waals surface area contributed by atoms with Gasteiger partial charge in [0.1, 0.15) is 6.54 Å². The van der Waals surface area contributed by atoms with Crippen LogP contribution in [0.5, 0.6) is 0 Å². The minimum Gasteiger partial charge on any atom is -0.388 e. The van der Waals surface area contributed by atoms with Crippen molar-refractivity contribution in [3.8, 4) is 0 Å². The quantitative estimate of drug-likeness (QED) is 0.802. The summed E-state index contributed by atoms with van der Waals surface area (Å²) in [5, 5.41) is 14.7. The third-order valence-electron chi connectivity index (χ3n) is 4.85. The highest BCUT2D eigenvalue weighted by Crippen LogP contribution is 2.23. The summed E-state index contributed by atoms with van der Waals surface area (Å²) in [6, 6.07) is 6.24. The second-order valence-electron chi connectivity index (χ2n) is 6.76. The number of benzene rings is 1. The van der Waals surface area contributed by atoms with Gasteiger partial charge in [0, 0.05) is 18.0 Å². The van der Waals surface area contributed by atoms with Crippen LogP contribution in [0.25, 0.3) is 0 Å². The molecule has 2 fully saturated rings. The summed E-state index contributed by atoms with van der Waals surface area (Å²) in [6.45, 7) is 1.19. The molecule has 1 N–H and O–H groups in total. The van der Waals surface area contributed by atoms with Crippen LogP contribution in [0.2, 0.25) is 5.02 Å². The number of aromatic nitrogens is 2. The Hall–Kier alpha value is -2.49. The lowest BCUT2D eigenvalue weighted by atomic mass is 10.1. The zero-order valence-corrected chi connectivity index (χ0v) is 15.7. The van der Waals surface area contributed by atoms with Gasteiger partial charge in [-0.3, -0.25) is 9.69 Å². The maximum Gasteiger partial charge on any atom is 0.327 e. The summed E-state index contributed by atoms with van der Waals surface area (Å²) in [6.07, 6.45) is -0.476. The molecule has 3 amide bonds. The lowest BCUT2D eigenvalue weighted by Gasteiger charge is -2.42. The van der Waals surface area contributed by atoms with E-state index >= 15 is 0 Å². The highest BCUT2D eigenvalue weighted by atomic mass is 35.5. The number of amides is 3. The van der Waals surface area contributed by atoms with Gasteiger partial charge >= 0.3 is 6.03 Å². The Balaban J connectivity index is 1.41. The predicted octanol–water partition coefficient (Wildman–Crippen LogP) is 1.55. The lowest BCUT2D eigenvalue weighted by Crippen LogP contribution is -2.60. The van der Waals surface area contributed by atoms with E-state index in [1.54, 1.807) is 29.2 Å². The molecule has 10 heteroatoms. The Morgan fingerprint density at radius 3 is 2.86 bits per heavy atom. The van der Waals surface area contributed by atoms with Crippen LogP contribution >= 0.6 is 11.6 Å². The Labute approximate surface area is 165 Å². The number of morpholine rings is 1. The molecule has 0 spiro atoms. The number of hydrogen-bond donors (Lipinski definition) is 1. The van der Waals surface area contributed by atoms with Crippen LogP contribution in [0.15, 0.2) is 28.8 Å². The van der Waals surface area contributed by atoms with E-state index in [-0.39, 0.29) is 43.3 Å². The zero-order chi connectivity index (χ0) is 19.7. The van der Waals surface area contributed by atoms with Gasteiger partial charge in [-0.25, -0.2) is 4.79 Å². The topological polar surface area (TPSA) is 109 Å². The Morgan fingerprint density at radius 1 is 1.29 bits per heavy atom. The van der Waals surface area contributed by atoms with Gasteiger partial charge in [0.2, 0.25) is 11.8 Å². The highest BCUT2D eigenvalue weighted by molar-refractivity contribution is 6.30. The summed E-state index contributed by atoms with van der Waals surface area (Å²) in [5.74, 6) is 0.142. The average Bonchev–Trinajstić information content (AvgIpc) is 3.12. The SMILES string of the molecule is O=C1C[C@H]2COCCN2C(=O)N1Cc1nc(C[C@H](O)c2ccc(Cl)cc2)no1. The molecule has 148 valence electrons. The molecule has 0 saturated carbocycles. The monoisotopic (exact) mass is 406 g/mol. The first kappa shape index (κ1) is 18.9. The maximum absolute atomic E-state index is 12.6. The minimum atomic E-state index is -0.824. The van der Waals surface area contributed by atoms with Crippen LogP contribution < -0.4 is 0 Å². The second kappa shape index (κ2) is 7.86. The molecule has 2 atom stereocenters. The summed E-state index contributed by atoms with van der Waals surface area (Å²) in [4.78, 5) is 31.9. The van der Waals surface area contributed by atoms with Crippen LogP contribution in [0.3, 0.4) is 0 Å². The van der Waals surface area contributed by atoms with E-state index in [2.05, 4.69) is 10.1 Å². The van der Waals surface area contributed by atoms with E-state index in [4.69, 9.17) is 20.9 Å². The van der Waals surface area contributed by atoms with Gasteiger partial charge in [-0.1, -0.05) is 28.9 Å². The van der Waals surface area contributed by atoms with Crippen LogP contribution in [0.4, 0.5) is 4.79 Å². The fraction of sp³-hybridized carbons (Fsp3) is 0.444. The molecule has 0 aliphatic carbocycles. The number of halogens is 1. The van der Waals surface area contributed by atoms with E-state index in [9.17, 15) is 14.7 Å². The Morgan fingerprint density at radius 2 is 2.07 bits per heavy atom. The third-order valence-corrected chi connectivity index (χ3v) is 5.10. The summed E-state index contributed by atoms with van der Waals surface area (Å²) in [5.41, 5.74) is 0.676. The van der Waals surface area contributed by atoms with E-state index in [1.807, 2.05) is 0 Å². The van der Waals surface area contributed by atoms with Gasteiger partial charge in [-0.15, -0.1) is 0 Å². The number of carbonyl (C=O) groups excluding carboxylic acids is 2. The number of nitrogens with zero attached hydrogens (tertiary/aromatic N) is 4. The van der Waals surface area contributed by atoms with Crippen molar-refractivity contribution < 1.29 is 24.0 Å². The summed E-state index contributed by atoms with van der Waals surface area (Å²) < 4.78 is 10.5. The Kier molecular flexibility index (Phi) is 5.29. The molecule has 9 nitrogen and oxygen atoms in total. The number of hydrogen-bond acceptors (Lipinski definition) is 7. The molecular weight excluding hydrogens is 388 g/mol. The molecule has 1 aromatic heterocycles. The molecule has 2 aliphatic heterocycles. The van der Waals surface area contributed by atoms with E-state index < -0.39 is 6.10 Å². The Bertz CT molecular complexity index is 871. The van der Waals surface area contributed by atoms with E-state index in [0.717, 1.165) is 4.90 Å². The van der Waals surface area contributed by atoms with Gasteiger partial charge in [0.15, 0.2) is 5.82 Å². The molecule has 0 radical (unpaired) electrons. The van der Waals surface area contributed by atoms with E-state index in [1.165, 1.54) is 0 Å². The number of ether oxygens (including phenoxy) is 1. The fourth-order valence-corrected chi connectivity index (χ4v) is 3.48. The van der Waals surface area contributed by atoms with E-state index in [0.29, 0.717) is 36.2 Å². The molecule has 2 aromatic rings. The molecule has 0 unspecified atom stereocenters.